The highest BCUT2D eigenvalue weighted by Gasteiger charge is 2.24. The van der Waals surface area contributed by atoms with Crippen molar-refractivity contribution in [3.8, 4) is 10.8 Å². The van der Waals surface area contributed by atoms with Crippen LogP contribution in [0.4, 0.5) is 0 Å². The van der Waals surface area contributed by atoms with Gasteiger partial charge in [0.2, 0.25) is 11.7 Å². The second-order valence-electron chi connectivity index (χ2n) is 4.35. The molecule has 0 amide bonds. The molecule has 0 spiro atoms. The molecule has 2 aromatic rings. The van der Waals surface area contributed by atoms with Crippen LogP contribution in [0.3, 0.4) is 0 Å². The van der Waals surface area contributed by atoms with E-state index in [0.717, 1.165) is 9.88 Å². The standard InChI is InChI=1S/C13H16N2O3S/c1-5-17-13(16)11-10(7(2)3)15-12(18-11)9-6-14-8(4)19-9/h6-7H,5H2,1-4H3. The maximum absolute atomic E-state index is 11.9. The Hall–Kier alpha value is -1.69. The van der Waals surface area contributed by atoms with Gasteiger partial charge in [-0.1, -0.05) is 13.8 Å². The fourth-order valence-electron chi connectivity index (χ4n) is 1.63. The minimum Gasteiger partial charge on any atom is -0.460 e. The third kappa shape index (κ3) is 2.84. The molecule has 0 aliphatic heterocycles. The Labute approximate surface area is 115 Å². The van der Waals surface area contributed by atoms with Crippen molar-refractivity contribution >= 4 is 17.3 Å². The monoisotopic (exact) mass is 280 g/mol. The summed E-state index contributed by atoms with van der Waals surface area (Å²) in [7, 11) is 0. The molecule has 0 aromatic carbocycles. The summed E-state index contributed by atoms with van der Waals surface area (Å²) < 4.78 is 10.6. The summed E-state index contributed by atoms with van der Waals surface area (Å²) in [6.07, 6.45) is 1.70. The highest BCUT2D eigenvalue weighted by molar-refractivity contribution is 7.14. The average Bonchev–Trinajstić information content (AvgIpc) is 2.94. The molecule has 5 nitrogen and oxygen atoms in total. The predicted octanol–water partition coefficient (Wildman–Crippen LogP) is 3.41. The molecule has 0 saturated carbocycles. The van der Waals surface area contributed by atoms with Crippen molar-refractivity contribution in [2.24, 2.45) is 0 Å². The number of aromatic nitrogens is 2. The van der Waals surface area contributed by atoms with E-state index < -0.39 is 5.97 Å². The van der Waals surface area contributed by atoms with Crippen molar-refractivity contribution in [3.05, 3.63) is 22.7 Å². The third-order valence-electron chi connectivity index (χ3n) is 2.49. The van der Waals surface area contributed by atoms with Gasteiger partial charge in [-0.2, -0.15) is 0 Å². The first-order valence-corrected chi connectivity index (χ1v) is 6.95. The van der Waals surface area contributed by atoms with E-state index in [2.05, 4.69) is 9.97 Å². The van der Waals surface area contributed by atoms with Gasteiger partial charge in [-0.3, -0.25) is 0 Å². The van der Waals surface area contributed by atoms with Crippen molar-refractivity contribution < 1.29 is 13.9 Å². The zero-order valence-corrected chi connectivity index (χ0v) is 12.2. The molecule has 0 saturated heterocycles. The van der Waals surface area contributed by atoms with Gasteiger partial charge in [-0.15, -0.1) is 11.3 Å². The molecule has 0 bridgehead atoms. The second-order valence-corrected chi connectivity index (χ2v) is 5.59. The van der Waals surface area contributed by atoms with Crippen molar-refractivity contribution in [1.29, 1.82) is 0 Å². The number of hydrogen-bond donors (Lipinski definition) is 0. The minimum absolute atomic E-state index is 0.0888. The molecule has 0 N–H and O–H groups in total. The minimum atomic E-state index is -0.466. The largest absolute Gasteiger partial charge is 0.460 e. The number of ether oxygens (including phenoxy) is 1. The topological polar surface area (TPSA) is 65.2 Å². The highest BCUT2D eigenvalue weighted by atomic mass is 32.1. The van der Waals surface area contributed by atoms with Crippen LogP contribution in [0.25, 0.3) is 10.8 Å². The Bertz CT molecular complexity index is 586. The summed E-state index contributed by atoms with van der Waals surface area (Å²) >= 11 is 1.48. The van der Waals surface area contributed by atoms with Crippen LogP contribution in [0.5, 0.6) is 0 Å². The van der Waals surface area contributed by atoms with Crippen LogP contribution in [-0.4, -0.2) is 22.5 Å². The molecular formula is C13H16N2O3S. The zero-order chi connectivity index (χ0) is 14.0. The Morgan fingerprint density at radius 3 is 2.79 bits per heavy atom. The van der Waals surface area contributed by atoms with E-state index in [1.165, 1.54) is 11.3 Å². The summed E-state index contributed by atoms with van der Waals surface area (Å²) in [5.74, 6) is 0.243. The van der Waals surface area contributed by atoms with E-state index in [1.807, 2.05) is 20.8 Å². The quantitative estimate of drug-likeness (QED) is 0.803. The van der Waals surface area contributed by atoms with E-state index in [4.69, 9.17) is 9.15 Å². The lowest BCUT2D eigenvalue weighted by Gasteiger charge is -2.02. The molecule has 2 heterocycles. The number of thiazole rings is 1. The van der Waals surface area contributed by atoms with Gasteiger partial charge >= 0.3 is 5.97 Å². The van der Waals surface area contributed by atoms with Crippen molar-refractivity contribution in [2.75, 3.05) is 6.61 Å². The van der Waals surface area contributed by atoms with E-state index >= 15 is 0 Å². The van der Waals surface area contributed by atoms with E-state index in [0.29, 0.717) is 18.2 Å². The molecule has 102 valence electrons. The number of nitrogens with zero attached hydrogens (tertiary/aromatic N) is 2. The fourth-order valence-corrected chi connectivity index (χ4v) is 2.34. The van der Waals surface area contributed by atoms with E-state index in [9.17, 15) is 4.79 Å². The Morgan fingerprint density at radius 1 is 1.53 bits per heavy atom. The summed E-state index contributed by atoms with van der Waals surface area (Å²) in [5, 5.41) is 0.928. The lowest BCUT2D eigenvalue weighted by atomic mass is 10.1. The summed E-state index contributed by atoms with van der Waals surface area (Å²) in [6, 6.07) is 0. The predicted molar refractivity (Wildman–Crippen MR) is 72.4 cm³/mol. The van der Waals surface area contributed by atoms with Crippen LogP contribution in [0, 0.1) is 6.92 Å². The molecule has 0 atom stereocenters. The van der Waals surface area contributed by atoms with Crippen LogP contribution in [0.2, 0.25) is 0 Å². The number of carbonyl (C=O) groups excluding carboxylic acids is 1. The highest BCUT2D eigenvalue weighted by Crippen LogP contribution is 2.30. The Kier molecular flexibility index (Phi) is 3.99. The first-order chi connectivity index (χ1) is 9.02. The van der Waals surface area contributed by atoms with Gasteiger partial charge < -0.3 is 9.15 Å². The lowest BCUT2D eigenvalue weighted by molar-refractivity contribution is 0.0489. The number of rotatable bonds is 4. The average molecular weight is 280 g/mol. The van der Waals surface area contributed by atoms with Gasteiger partial charge in [0, 0.05) is 0 Å². The van der Waals surface area contributed by atoms with Gasteiger partial charge in [0.05, 0.1) is 23.5 Å². The van der Waals surface area contributed by atoms with Gasteiger partial charge in [0.25, 0.3) is 0 Å². The van der Waals surface area contributed by atoms with E-state index in [-0.39, 0.29) is 11.7 Å². The van der Waals surface area contributed by atoms with E-state index in [1.54, 1.807) is 13.1 Å². The first-order valence-electron chi connectivity index (χ1n) is 6.13. The third-order valence-corrected chi connectivity index (χ3v) is 3.39. The molecule has 0 unspecified atom stereocenters. The molecule has 0 aliphatic rings. The molecule has 0 radical (unpaired) electrons. The Morgan fingerprint density at radius 2 is 2.26 bits per heavy atom. The molecule has 2 rings (SSSR count). The van der Waals surface area contributed by atoms with Gasteiger partial charge in [-0.05, 0) is 19.8 Å². The number of carbonyl (C=O) groups is 1. The smallest absolute Gasteiger partial charge is 0.376 e. The Balaban J connectivity index is 2.43. The molecule has 19 heavy (non-hydrogen) atoms. The van der Waals surface area contributed by atoms with Crippen molar-refractivity contribution in [3.63, 3.8) is 0 Å². The zero-order valence-electron chi connectivity index (χ0n) is 11.4. The van der Waals surface area contributed by atoms with Gasteiger partial charge in [0.15, 0.2) is 0 Å². The normalized spacial score (nSPS) is 11.0. The maximum atomic E-state index is 11.9. The number of hydrogen-bond acceptors (Lipinski definition) is 6. The summed E-state index contributed by atoms with van der Waals surface area (Å²) in [5.41, 5.74) is 0.625. The maximum Gasteiger partial charge on any atom is 0.376 e. The molecule has 2 aromatic heterocycles. The molecule has 0 fully saturated rings. The van der Waals surface area contributed by atoms with Gasteiger partial charge in [-0.25, -0.2) is 14.8 Å². The SMILES string of the molecule is CCOC(=O)c1oc(-c2cnc(C)s2)nc1C(C)C. The van der Waals surface area contributed by atoms with Crippen LogP contribution in [-0.2, 0) is 4.74 Å². The van der Waals surface area contributed by atoms with Crippen molar-refractivity contribution in [2.45, 2.75) is 33.6 Å². The summed E-state index contributed by atoms with van der Waals surface area (Å²) in [4.78, 5) is 21.2. The first kappa shape index (κ1) is 13.7. The number of oxazole rings is 1. The molecule has 0 aliphatic carbocycles. The van der Waals surface area contributed by atoms with Crippen LogP contribution >= 0.6 is 11.3 Å². The second kappa shape index (κ2) is 5.52. The molecule has 6 heteroatoms. The molecular weight excluding hydrogens is 264 g/mol. The number of aryl methyl sites for hydroxylation is 1. The van der Waals surface area contributed by atoms with Crippen LogP contribution in [0.15, 0.2) is 10.6 Å². The van der Waals surface area contributed by atoms with Crippen LogP contribution < -0.4 is 0 Å². The fraction of sp³-hybridized carbons (Fsp3) is 0.462. The van der Waals surface area contributed by atoms with Crippen molar-refractivity contribution in [1.82, 2.24) is 9.97 Å². The lowest BCUT2D eigenvalue weighted by Crippen LogP contribution is -2.07. The van der Waals surface area contributed by atoms with Gasteiger partial charge in [0.1, 0.15) is 4.88 Å². The van der Waals surface area contributed by atoms with Crippen LogP contribution in [0.1, 0.15) is 47.9 Å². The summed E-state index contributed by atoms with van der Waals surface area (Å²) in [6.45, 7) is 7.90. The number of esters is 1.